The zero-order valence-electron chi connectivity index (χ0n) is 11.0. The lowest BCUT2D eigenvalue weighted by Crippen LogP contribution is -1.97. The Bertz CT molecular complexity index is 853. The maximum Gasteiger partial charge on any atom is 0.184 e. The highest BCUT2D eigenvalue weighted by atomic mass is 79.9. The molecule has 0 radical (unpaired) electrons. The minimum Gasteiger partial charge on any atom is -0.495 e. The molecule has 0 fully saturated rings. The molecular formula is C14H12BrN3OS. The number of nitrogens with zero attached hydrogens (tertiary/aromatic N) is 2. The van der Waals surface area contributed by atoms with E-state index >= 15 is 0 Å². The molecule has 2 heterocycles. The second-order valence-electron chi connectivity index (χ2n) is 4.47. The van der Waals surface area contributed by atoms with E-state index in [1.165, 1.54) is 0 Å². The predicted octanol–water partition coefficient (Wildman–Crippen LogP) is 4.16. The van der Waals surface area contributed by atoms with Gasteiger partial charge in [-0.15, -0.1) is 0 Å². The van der Waals surface area contributed by atoms with Gasteiger partial charge < -0.3 is 9.72 Å². The zero-order valence-corrected chi connectivity index (χ0v) is 13.4. The van der Waals surface area contributed by atoms with Crippen molar-refractivity contribution < 1.29 is 4.74 Å². The molecule has 0 aliphatic rings. The first kappa shape index (κ1) is 13.3. The Hall–Kier alpha value is -1.66. The number of aryl methyl sites for hydroxylation is 1. The molecule has 0 unspecified atom stereocenters. The fourth-order valence-corrected chi connectivity index (χ4v) is 2.84. The van der Waals surface area contributed by atoms with Gasteiger partial charge in [-0.1, -0.05) is 0 Å². The molecule has 2 aromatic heterocycles. The first-order valence-electron chi connectivity index (χ1n) is 6.01. The van der Waals surface area contributed by atoms with Crippen molar-refractivity contribution >= 4 is 39.3 Å². The highest BCUT2D eigenvalue weighted by Gasteiger charge is 2.10. The van der Waals surface area contributed by atoms with Gasteiger partial charge in [0.15, 0.2) is 10.4 Å². The van der Waals surface area contributed by atoms with Crippen molar-refractivity contribution in [2.75, 3.05) is 7.11 Å². The number of halogens is 1. The summed E-state index contributed by atoms with van der Waals surface area (Å²) in [6.45, 7) is 2.00. The Labute approximate surface area is 129 Å². The second-order valence-corrected chi connectivity index (χ2v) is 5.71. The van der Waals surface area contributed by atoms with Crippen LogP contribution in [0, 0.1) is 11.7 Å². The van der Waals surface area contributed by atoms with E-state index in [0.717, 1.165) is 32.6 Å². The minimum atomic E-state index is 0.613. The molecule has 20 heavy (non-hydrogen) atoms. The molecule has 0 aliphatic heterocycles. The molecule has 1 N–H and O–H groups in total. The van der Waals surface area contributed by atoms with Gasteiger partial charge in [-0.05, 0) is 58.8 Å². The molecule has 0 bridgehead atoms. The molecule has 0 saturated heterocycles. The lowest BCUT2D eigenvalue weighted by atomic mass is 10.3. The number of methoxy groups -OCH3 is 1. The Balaban J connectivity index is 2.29. The summed E-state index contributed by atoms with van der Waals surface area (Å²) < 4.78 is 8.75. The number of ether oxygens (including phenoxy) is 1. The second kappa shape index (κ2) is 5.03. The Kier molecular flexibility index (Phi) is 3.35. The van der Waals surface area contributed by atoms with Crippen molar-refractivity contribution in [2.24, 2.45) is 0 Å². The molecule has 4 nitrogen and oxygen atoms in total. The lowest BCUT2D eigenvalue weighted by molar-refractivity contribution is 0.412. The number of imidazole rings is 1. The van der Waals surface area contributed by atoms with E-state index in [1.807, 2.05) is 42.0 Å². The largest absolute Gasteiger partial charge is 0.495 e. The van der Waals surface area contributed by atoms with Crippen LogP contribution in [0.15, 0.2) is 34.9 Å². The fourth-order valence-electron chi connectivity index (χ4n) is 2.13. The summed E-state index contributed by atoms with van der Waals surface area (Å²) in [6.07, 6.45) is 1.83. The van der Waals surface area contributed by atoms with Crippen molar-refractivity contribution in [3.8, 4) is 11.4 Å². The van der Waals surface area contributed by atoms with Gasteiger partial charge in [-0.2, -0.15) is 0 Å². The fraction of sp³-hybridized carbons (Fsp3) is 0.143. The van der Waals surface area contributed by atoms with Crippen LogP contribution in [0.2, 0.25) is 0 Å². The first-order valence-corrected chi connectivity index (χ1v) is 7.21. The van der Waals surface area contributed by atoms with E-state index in [9.17, 15) is 0 Å². The van der Waals surface area contributed by atoms with E-state index in [2.05, 4.69) is 25.9 Å². The number of benzene rings is 1. The zero-order chi connectivity index (χ0) is 14.3. The van der Waals surface area contributed by atoms with Crippen LogP contribution in [0.4, 0.5) is 0 Å². The molecular weight excluding hydrogens is 338 g/mol. The molecule has 102 valence electrons. The summed E-state index contributed by atoms with van der Waals surface area (Å²) in [7, 11) is 1.64. The maximum absolute atomic E-state index is 5.41. The van der Waals surface area contributed by atoms with Crippen molar-refractivity contribution in [3.05, 3.63) is 45.3 Å². The molecule has 1 aromatic carbocycles. The average molecular weight is 350 g/mol. The summed E-state index contributed by atoms with van der Waals surface area (Å²) in [5, 5.41) is 0. The third-order valence-corrected chi connectivity index (χ3v) is 3.99. The number of aromatic nitrogens is 3. The van der Waals surface area contributed by atoms with Gasteiger partial charge >= 0.3 is 0 Å². The summed E-state index contributed by atoms with van der Waals surface area (Å²) in [5.41, 5.74) is 3.74. The number of fused-ring (bicyclic) bond motifs is 1. The molecule has 0 saturated carbocycles. The van der Waals surface area contributed by atoms with Gasteiger partial charge in [-0.25, -0.2) is 4.98 Å². The van der Waals surface area contributed by atoms with Crippen molar-refractivity contribution in [1.29, 1.82) is 0 Å². The van der Waals surface area contributed by atoms with E-state index in [0.29, 0.717) is 4.77 Å². The molecule has 0 atom stereocenters. The van der Waals surface area contributed by atoms with Crippen molar-refractivity contribution in [2.45, 2.75) is 6.92 Å². The highest BCUT2D eigenvalue weighted by molar-refractivity contribution is 9.10. The van der Waals surface area contributed by atoms with Gasteiger partial charge in [0.1, 0.15) is 5.75 Å². The lowest BCUT2D eigenvalue weighted by Gasteiger charge is -2.08. The third-order valence-electron chi connectivity index (χ3n) is 3.05. The Morgan fingerprint density at radius 2 is 2.15 bits per heavy atom. The number of hydrogen-bond acceptors (Lipinski definition) is 3. The van der Waals surface area contributed by atoms with Crippen LogP contribution >= 0.6 is 28.1 Å². The molecule has 6 heteroatoms. The molecule has 0 aliphatic carbocycles. The van der Waals surface area contributed by atoms with Crippen LogP contribution in [-0.4, -0.2) is 21.6 Å². The van der Waals surface area contributed by atoms with Gasteiger partial charge in [0, 0.05) is 12.3 Å². The van der Waals surface area contributed by atoms with Gasteiger partial charge in [0.2, 0.25) is 0 Å². The summed E-state index contributed by atoms with van der Waals surface area (Å²) >= 11 is 8.85. The van der Waals surface area contributed by atoms with Gasteiger partial charge in [-0.3, -0.25) is 4.57 Å². The topological polar surface area (TPSA) is 42.8 Å². The number of H-pyrrole nitrogens is 1. The predicted molar refractivity (Wildman–Crippen MR) is 85.2 cm³/mol. The third kappa shape index (κ3) is 2.14. The monoisotopic (exact) mass is 349 g/mol. The Morgan fingerprint density at radius 1 is 1.35 bits per heavy atom. The maximum atomic E-state index is 5.41. The normalized spacial score (nSPS) is 10.9. The summed E-state index contributed by atoms with van der Waals surface area (Å²) in [6, 6.07) is 7.86. The number of nitrogens with one attached hydrogen (secondary N) is 1. The van der Waals surface area contributed by atoms with Crippen LogP contribution in [0.1, 0.15) is 5.56 Å². The highest BCUT2D eigenvalue weighted by Crippen LogP contribution is 2.28. The summed E-state index contributed by atoms with van der Waals surface area (Å²) in [4.78, 5) is 7.65. The quantitative estimate of drug-likeness (QED) is 0.706. The van der Waals surface area contributed by atoms with Gasteiger partial charge in [0.05, 0.1) is 22.8 Å². The molecule has 0 amide bonds. The number of pyridine rings is 1. The van der Waals surface area contributed by atoms with Crippen LogP contribution in [0.3, 0.4) is 0 Å². The first-order chi connectivity index (χ1) is 9.60. The van der Waals surface area contributed by atoms with Crippen molar-refractivity contribution in [1.82, 2.24) is 14.5 Å². The van der Waals surface area contributed by atoms with Gasteiger partial charge in [0.25, 0.3) is 0 Å². The SMILES string of the molecule is COc1cc(-n2c(=S)[nH]c3cc(C)cnc32)ccc1Br. The standard InChI is InChI=1S/C14H12BrN3OS/c1-8-5-11-13(16-7-8)18(14(20)17-11)9-3-4-10(15)12(6-9)19-2/h3-7H,1-2H3,(H,17,20). The van der Waals surface area contributed by atoms with Crippen molar-refractivity contribution in [3.63, 3.8) is 0 Å². The van der Waals surface area contributed by atoms with E-state index in [4.69, 9.17) is 17.0 Å². The van der Waals surface area contributed by atoms with Crippen LogP contribution in [0.5, 0.6) is 5.75 Å². The molecule has 3 aromatic rings. The van der Waals surface area contributed by atoms with E-state index in [1.54, 1.807) is 7.11 Å². The summed E-state index contributed by atoms with van der Waals surface area (Å²) in [5.74, 6) is 0.755. The number of aromatic amines is 1. The van der Waals surface area contributed by atoms with E-state index in [-0.39, 0.29) is 0 Å². The van der Waals surface area contributed by atoms with Crippen LogP contribution < -0.4 is 4.74 Å². The molecule has 3 rings (SSSR count). The number of rotatable bonds is 2. The number of hydrogen-bond donors (Lipinski definition) is 1. The minimum absolute atomic E-state index is 0.613. The average Bonchev–Trinajstić information content (AvgIpc) is 2.74. The van der Waals surface area contributed by atoms with E-state index < -0.39 is 0 Å². The van der Waals surface area contributed by atoms with Crippen LogP contribution in [0.25, 0.3) is 16.9 Å². The smallest absolute Gasteiger partial charge is 0.184 e. The molecule has 0 spiro atoms. The van der Waals surface area contributed by atoms with Crippen LogP contribution in [-0.2, 0) is 0 Å². The Morgan fingerprint density at radius 3 is 2.90 bits per heavy atom.